The lowest BCUT2D eigenvalue weighted by atomic mass is 9.82. The number of halogens is 1. The molecule has 0 saturated carbocycles. The summed E-state index contributed by atoms with van der Waals surface area (Å²) >= 11 is 3.44. The van der Waals surface area contributed by atoms with Gasteiger partial charge in [-0.3, -0.25) is 4.79 Å². The van der Waals surface area contributed by atoms with E-state index in [4.69, 9.17) is 4.74 Å². The molecule has 1 unspecified atom stereocenters. The molecule has 0 bridgehead atoms. The fraction of sp³-hybridized carbons (Fsp3) is 0.611. The number of alkyl halides is 1. The van der Waals surface area contributed by atoms with Crippen LogP contribution in [0, 0.1) is 12.3 Å². The summed E-state index contributed by atoms with van der Waals surface area (Å²) in [6.07, 6.45) is 0. The molecule has 4 heteroatoms. The van der Waals surface area contributed by atoms with Gasteiger partial charge in [0.1, 0.15) is 5.41 Å². The highest BCUT2D eigenvalue weighted by Gasteiger charge is 2.36. The highest BCUT2D eigenvalue weighted by molar-refractivity contribution is 9.09. The Bertz CT molecular complexity index is 471. The Morgan fingerprint density at radius 1 is 1.23 bits per heavy atom. The molecular weight excluding hydrogens is 344 g/mol. The molecule has 0 aliphatic carbocycles. The second-order valence-electron chi connectivity index (χ2n) is 6.30. The number of carboxylic acids is 1. The molecule has 0 spiro atoms. The van der Waals surface area contributed by atoms with Gasteiger partial charge in [0.25, 0.3) is 0 Å². The first kappa shape index (κ1) is 21.1. The van der Waals surface area contributed by atoms with Gasteiger partial charge in [-0.25, -0.2) is 0 Å². The second-order valence-corrected chi connectivity index (χ2v) is 6.86. The molecule has 3 nitrogen and oxygen atoms in total. The van der Waals surface area contributed by atoms with Gasteiger partial charge in [-0.15, -0.1) is 0 Å². The van der Waals surface area contributed by atoms with Crippen LogP contribution in [0.4, 0.5) is 0 Å². The van der Waals surface area contributed by atoms with Gasteiger partial charge in [0.05, 0.1) is 13.2 Å². The zero-order chi connectivity index (χ0) is 17.4. The monoisotopic (exact) mass is 372 g/mol. The summed E-state index contributed by atoms with van der Waals surface area (Å²) in [7, 11) is 0. The van der Waals surface area contributed by atoms with Crippen molar-refractivity contribution >= 4 is 21.9 Å². The van der Waals surface area contributed by atoms with Crippen LogP contribution in [0.1, 0.15) is 45.7 Å². The summed E-state index contributed by atoms with van der Waals surface area (Å²) in [5, 5.41) is 10.4. The highest BCUT2D eigenvalue weighted by Crippen LogP contribution is 2.27. The SMILES string of the molecule is CC.Cc1cccc(C(C)(COCC(C)(C)CBr)C(=O)O)c1. The highest BCUT2D eigenvalue weighted by atomic mass is 79.9. The third kappa shape index (κ3) is 6.09. The van der Waals surface area contributed by atoms with Crippen LogP contribution in [-0.2, 0) is 14.9 Å². The Morgan fingerprint density at radius 2 is 1.82 bits per heavy atom. The quantitative estimate of drug-likeness (QED) is 0.699. The summed E-state index contributed by atoms with van der Waals surface area (Å²) in [5.41, 5.74) is 0.804. The van der Waals surface area contributed by atoms with E-state index >= 15 is 0 Å². The Balaban J connectivity index is 0.00000211. The van der Waals surface area contributed by atoms with Crippen LogP contribution in [0.15, 0.2) is 24.3 Å². The maximum atomic E-state index is 11.7. The van der Waals surface area contributed by atoms with Crippen LogP contribution < -0.4 is 0 Å². The fourth-order valence-electron chi connectivity index (χ4n) is 1.83. The molecule has 22 heavy (non-hydrogen) atoms. The summed E-state index contributed by atoms with van der Waals surface area (Å²) in [6.45, 7) is 12.5. The largest absolute Gasteiger partial charge is 0.481 e. The first-order valence-electron chi connectivity index (χ1n) is 7.65. The normalized spacial score (nSPS) is 13.8. The summed E-state index contributed by atoms with van der Waals surface area (Å²) in [4.78, 5) is 11.7. The number of hydrogen-bond donors (Lipinski definition) is 1. The molecule has 0 amide bonds. The maximum absolute atomic E-state index is 11.7. The van der Waals surface area contributed by atoms with Gasteiger partial charge in [0, 0.05) is 5.33 Å². The molecule has 126 valence electrons. The van der Waals surface area contributed by atoms with Crippen LogP contribution >= 0.6 is 15.9 Å². The minimum atomic E-state index is -1.02. The molecule has 1 atom stereocenters. The van der Waals surface area contributed by atoms with Crippen molar-refractivity contribution in [1.29, 1.82) is 0 Å². The summed E-state index contributed by atoms with van der Waals surface area (Å²) in [5.74, 6) is -0.861. The molecule has 0 fully saturated rings. The Morgan fingerprint density at radius 3 is 2.27 bits per heavy atom. The van der Waals surface area contributed by atoms with Crippen molar-refractivity contribution in [3.8, 4) is 0 Å². The zero-order valence-electron chi connectivity index (χ0n) is 14.6. The Labute approximate surface area is 143 Å². The van der Waals surface area contributed by atoms with E-state index in [1.165, 1.54) is 0 Å². The standard InChI is InChI=1S/C16H23BrO3.C2H6/c1-12-6-5-7-13(8-12)16(4,14(18)19)11-20-10-15(2,3)9-17;1-2/h5-8H,9-11H2,1-4H3,(H,18,19);1-2H3. The number of rotatable bonds is 7. The molecule has 1 rings (SSSR count). The van der Waals surface area contributed by atoms with Crippen LogP contribution in [0.25, 0.3) is 0 Å². The topological polar surface area (TPSA) is 46.5 Å². The van der Waals surface area contributed by atoms with E-state index in [9.17, 15) is 9.90 Å². The molecule has 0 radical (unpaired) electrons. The van der Waals surface area contributed by atoms with Gasteiger partial charge in [-0.1, -0.05) is 73.5 Å². The molecule has 0 aromatic heterocycles. The number of carboxylic acid groups (broad SMARTS) is 1. The summed E-state index contributed by atoms with van der Waals surface area (Å²) < 4.78 is 5.70. The van der Waals surface area contributed by atoms with E-state index in [-0.39, 0.29) is 12.0 Å². The summed E-state index contributed by atoms with van der Waals surface area (Å²) in [6, 6.07) is 7.60. The van der Waals surface area contributed by atoms with E-state index in [0.717, 1.165) is 16.5 Å². The van der Waals surface area contributed by atoms with Gasteiger partial charge < -0.3 is 9.84 Å². The molecule has 1 aromatic rings. The molecule has 0 aliphatic heterocycles. The third-order valence-corrected chi connectivity index (χ3v) is 4.89. The number of hydrogen-bond acceptors (Lipinski definition) is 2. The lowest BCUT2D eigenvalue weighted by Crippen LogP contribution is -2.38. The van der Waals surface area contributed by atoms with Crippen LogP contribution in [-0.4, -0.2) is 29.6 Å². The van der Waals surface area contributed by atoms with E-state index in [0.29, 0.717) is 6.61 Å². The predicted molar refractivity (Wildman–Crippen MR) is 95.9 cm³/mol. The minimum absolute atomic E-state index is 0.00792. The first-order chi connectivity index (χ1) is 10.2. The molecule has 0 heterocycles. The van der Waals surface area contributed by atoms with E-state index in [1.54, 1.807) is 6.92 Å². The lowest BCUT2D eigenvalue weighted by Gasteiger charge is -2.28. The Kier molecular flexibility index (Phi) is 8.94. The van der Waals surface area contributed by atoms with Gasteiger partial charge >= 0.3 is 5.97 Å². The van der Waals surface area contributed by atoms with Gasteiger partial charge in [-0.2, -0.15) is 0 Å². The van der Waals surface area contributed by atoms with E-state index in [2.05, 4.69) is 29.8 Å². The fourth-order valence-corrected chi connectivity index (χ4v) is 1.99. The third-order valence-electron chi connectivity index (χ3n) is 3.37. The number of ether oxygens (including phenoxy) is 1. The Hall–Kier alpha value is -0.870. The average molecular weight is 373 g/mol. The zero-order valence-corrected chi connectivity index (χ0v) is 16.2. The van der Waals surface area contributed by atoms with Crippen LogP contribution in [0.5, 0.6) is 0 Å². The predicted octanol–water partition coefficient (Wildman–Crippen LogP) is 4.80. The minimum Gasteiger partial charge on any atom is -0.481 e. The van der Waals surface area contributed by atoms with Crippen molar-refractivity contribution in [2.75, 3.05) is 18.5 Å². The van der Waals surface area contributed by atoms with E-state index < -0.39 is 11.4 Å². The number of benzene rings is 1. The van der Waals surface area contributed by atoms with Gasteiger partial charge in [-0.05, 0) is 24.8 Å². The van der Waals surface area contributed by atoms with Crippen molar-refractivity contribution in [3.05, 3.63) is 35.4 Å². The second kappa shape index (κ2) is 9.31. The molecule has 1 aromatic carbocycles. The molecular formula is C18H29BrO3. The van der Waals surface area contributed by atoms with Gasteiger partial charge in [0.15, 0.2) is 0 Å². The van der Waals surface area contributed by atoms with Crippen LogP contribution in [0.3, 0.4) is 0 Å². The number of aryl methyl sites for hydroxylation is 1. The molecule has 0 aliphatic rings. The maximum Gasteiger partial charge on any atom is 0.316 e. The molecule has 0 saturated heterocycles. The number of carbonyl (C=O) groups is 1. The molecule has 1 N–H and O–H groups in total. The number of aliphatic carboxylic acids is 1. The average Bonchev–Trinajstić information content (AvgIpc) is 2.48. The smallest absolute Gasteiger partial charge is 0.316 e. The van der Waals surface area contributed by atoms with Crippen molar-refractivity contribution in [3.63, 3.8) is 0 Å². The first-order valence-corrected chi connectivity index (χ1v) is 8.78. The van der Waals surface area contributed by atoms with Crippen molar-refractivity contribution < 1.29 is 14.6 Å². The van der Waals surface area contributed by atoms with Crippen molar-refractivity contribution in [2.45, 2.75) is 47.0 Å². The lowest BCUT2D eigenvalue weighted by molar-refractivity contribution is -0.146. The van der Waals surface area contributed by atoms with Crippen molar-refractivity contribution in [2.24, 2.45) is 5.41 Å². The van der Waals surface area contributed by atoms with Gasteiger partial charge in [0.2, 0.25) is 0 Å². The van der Waals surface area contributed by atoms with E-state index in [1.807, 2.05) is 45.0 Å². The van der Waals surface area contributed by atoms with Crippen molar-refractivity contribution in [1.82, 2.24) is 0 Å². The van der Waals surface area contributed by atoms with Crippen LogP contribution in [0.2, 0.25) is 0 Å².